The van der Waals surface area contributed by atoms with E-state index in [1.54, 1.807) is 0 Å². The summed E-state index contributed by atoms with van der Waals surface area (Å²) in [5, 5.41) is 6.96. The first-order chi connectivity index (χ1) is 8.35. The second kappa shape index (κ2) is 6.36. The van der Waals surface area contributed by atoms with Gasteiger partial charge in [0.25, 0.3) is 0 Å². The smallest absolute Gasteiger partial charge is 0.0132 e. The standard InChI is InChI=1S/C15H26N2/c1-3-5-16-10-14-8-13-7-12(14)9-15(13)11-17-6-4-2/h3-4,12-17H,1-2,5-11H2. The highest BCUT2D eigenvalue weighted by molar-refractivity contribution is 4.96. The Morgan fingerprint density at radius 1 is 0.824 bits per heavy atom. The van der Waals surface area contributed by atoms with Gasteiger partial charge in [0.1, 0.15) is 0 Å². The zero-order chi connectivity index (χ0) is 12.1. The van der Waals surface area contributed by atoms with Gasteiger partial charge in [-0.1, -0.05) is 12.2 Å². The van der Waals surface area contributed by atoms with Gasteiger partial charge >= 0.3 is 0 Å². The normalized spacial score (nSPS) is 35.1. The SMILES string of the molecule is C=CCNCC1CC2CC1CC2CNCC=C. The lowest BCUT2D eigenvalue weighted by Gasteiger charge is -2.28. The van der Waals surface area contributed by atoms with Crippen LogP contribution in [0.2, 0.25) is 0 Å². The molecule has 0 heterocycles. The van der Waals surface area contributed by atoms with Crippen LogP contribution < -0.4 is 10.6 Å². The topological polar surface area (TPSA) is 24.1 Å². The molecule has 2 rings (SSSR count). The maximum atomic E-state index is 3.75. The van der Waals surface area contributed by atoms with Crippen LogP contribution in [0, 0.1) is 23.7 Å². The molecule has 2 heteroatoms. The summed E-state index contributed by atoms with van der Waals surface area (Å²) in [5.41, 5.74) is 0. The molecular formula is C15H26N2. The van der Waals surface area contributed by atoms with Crippen molar-refractivity contribution < 1.29 is 0 Å². The number of rotatable bonds is 8. The fourth-order valence-electron chi connectivity index (χ4n) is 3.76. The molecule has 0 saturated heterocycles. The molecule has 96 valence electrons. The van der Waals surface area contributed by atoms with Crippen molar-refractivity contribution in [1.29, 1.82) is 0 Å². The van der Waals surface area contributed by atoms with Crippen LogP contribution in [0.25, 0.3) is 0 Å². The zero-order valence-corrected chi connectivity index (χ0v) is 10.8. The lowest BCUT2D eigenvalue weighted by molar-refractivity contribution is 0.248. The Balaban J connectivity index is 1.68. The summed E-state index contributed by atoms with van der Waals surface area (Å²) in [7, 11) is 0. The molecule has 0 amide bonds. The molecule has 0 aliphatic heterocycles. The van der Waals surface area contributed by atoms with Crippen molar-refractivity contribution in [3.8, 4) is 0 Å². The number of hydrogen-bond acceptors (Lipinski definition) is 2. The highest BCUT2D eigenvalue weighted by Gasteiger charge is 2.44. The Kier molecular flexibility index (Phi) is 4.81. The molecule has 0 radical (unpaired) electrons. The quantitative estimate of drug-likeness (QED) is 0.497. The number of hydrogen-bond donors (Lipinski definition) is 2. The Labute approximate surface area is 106 Å². The third-order valence-electron chi connectivity index (χ3n) is 4.54. The first-order valence-corrected chi connectivity index (χ1v) is 6.98. The zero-order valence-electron chi connectivity index (χ0n) is 10.8. The van der Waals surface area contributed by atoms with Crippen molar-refractivity contribution in [2.24, 2.45) is 23.7 Å². The van der Waals surface area contributed by atoms with Crippen LogP contribution in [-0.2, 0) is 0 Å². The summed E-state index contributed by atoms with van der Waals surface area (Å²) in [5.74, 6) is 3.81. The third-order valence-corrected chi connectivity index (χ3v) is 4.54. The van der Waals surface area contributed by atoms with E-state index in [0.717, 1.165) is 36.8 Å². The summed E-state index contributed by atoms with van der Waals surface area (Å²) in [6.07, 6.45) is 8.26. The van der Waals surface area contributed by atoms with Gasteiger partial charge in [-0.05, 0) is 56.0 Å². The van der Waals surface area contributed by atoms with Crippen molar-refractivity contribution in [1.82, 2.24) is 10.6 Å². The second-order valence-corrected chi connectivity index (χ2v) is 5.64. The van der Waals surface area contributed by atoms with Crippen LogP contribution in [0.1, 0.15) is 19.3 Å². The molecule has 2 aliphatic rings. The predicted molar refractivity (Wildman–Crippen MR) is 73.9 cm³/mol. The van der Waals surface area contributed by atoms with Gasteiger partial charge in [0.05, 0.1) is 0 Å². The van der Waals surface area contributed by atoms with Gasteiger partial charge in [0.15, 0.2) is 0 Å². The van der Waals surface area contributed by atoms with Crippen LogP contribution in [0.15, 0.2) is 25.3 Å². The average molecular weight is 234 g/mol. The summed E-state index contributed by atoms with van der Waals surface area (Å²) in [6, 6.07) is 0. The monoisotopic (exact) mass is 234 g/mol. The van der Waals surface area contributed by atoms with Crippen LogP contribution in [-0.4, -0.2) is 26.2 Å². The van der Waals surface area contributed by atoms with Gasteiger partial charge in [-0.3, -0.25) is 0 Å². The van der Waals surface area contributed by atoms with Crippen molar-refractivity contribution >= 4 is 0 Å². The fourth-order valence-corrected chi connectivity index (χ4v) is 3.76. The molecule has 17 heavy (non-hydrogen) atoms. The van der Waals surface area contributed by atoms with E-state index in [0.29, 0.717) is 0 Å². The summed E-state index contributed by atoms with van der Waals surface area (Å²) in [6.45, 7) is 11.8. The van der Waals surface area contributed by atoms with Gasteiger partial charge in [-0.15, -0.1) is 13.2 Å². The van der Waals surface area contributed by atoms with E-state index in [9.17, 15) is 0 Å². The Bertz CT molecular complexity index is 236. The lowest BCUT2D eigenvalue weighted by Crippen LogP contribution is -2.32. The van der Waals surface area contributed by atoms with Gasteiger partial charge < -0.3 is 10.6 Å². The van der Waals surface area contributed by atoms with E-state index in [2.05, 4.69) is 23.8 Å². The fraction of sp³-hybridized carbons (Fsp3) is 0.733. The van der Waals surface area contributed by atoms with Crippen molar-refractivity contribution in [2.75, 3.05) is 26.2 Å². The molecule has 0 spiro atoms. The van der Waals surface area contributed by atoms with Crippen LogP contribution >= 0.6 is 0 Å². The summed E-state index contributed by atoms with van der Waals surface area (Å²) >= 11 is 0. The predicted octanol–water partition coefficient (Wildman–Crippen LogP) is 2.20. The highest BCUT2D eigenvalue weighted by atomic mass is 14.9. The van der Waals surface area contributed by atoms with E-state index in [4.69, 9.17) is 0 Å². The average Bonchev–Trinajstić information content (AvgIpc) is 2.89. The summed E-state index contributed by atoms with van der Waals surface area (Å²) in [4.78, 5) is 0. The Morgan fingerprint density at radius 2 is 1.29 bits per heavy atom. The highest BCUT2D eigenvalue weighted by Crippen LogP contribution is 2.51. The first-order valence-electron chi connectivity index (χ1n) is 6.98. The van der Waals surface area contributed by atoms with Gasteiger partial charge in [0.2, 0.25) is 0 Å². The second-order valence-electron chi connectivity index (χ2n) is 5.64. The summed E-state index contributed by atoms with van der Waals surface area (Å²) < 4.78 is 0. The van der Waals surface area contributed by atoms with Crippen molar-refractivity contribution in [2.45, 2.75) is 19.3 Å². The number of fused-ring (bicyclic) bond motifs is 2. The molecule has 2 bridgehead atoms. The Morgan fingerprint density at radius 3 is 1.65 bits per heavy atom. The molecule has 4 atom stereocenters. The van der Waals surface area contributed by atoms with E-state index < -0.39 is 0 Å². The minimum atomic E-state index is 0.926. The largest absolute Gasteiger partial charge is 0.313 e. The molecule has 0 aromatic rings. The van der Waals surface area contributed by atoms with Crippen LogP contribution in [0.5, 0.6) is 0 Å². The van der Waals surface area contributed by atoms with E-state index in [-0.39, 0.29) is 0 Å². The molecule has 2 nitrogen and oxygen atoms in total. The molecule has 2 fully saturated rings. The minimum absolute atomic E-state index is 0.926. The van der Waals surface area contributed by atoms with Crippen molar-refractivity contribution in [3.05, 3.63) is 25.3 Å². The molecule has 0 aromatic carbocycles. The molecule has 2 saturated carbocycles. The molecular weight excluding hydrogens is 208 g/mol. The molecule has 2 N–H and O–H groups in total. The maximum absolute atomic E-state index is 3.75. The molecule has 2 aliphatic carbocycles. The lowest BCUT2D eigenvalue weighted by atomic mass is 9.82. The van der Waals surface area contributed by atoms with Crippen molar-refractivity contribution in [3.63, 3.8) is 0 Å². The van der Waals surface area contributed by atoms with E-state index in [1.807, 2.05) is 12.2 Å². The molecule has 4 unspecified atom stereocenters. The molecule has 0 aromatic heterocycles. The van der Waals surface area contributed by atoms with Gasteiger partial charge in [-0.2, -0.15) is 0 Å². The first kappa shape index (κ1) is 12.8. The third kappa shape index (κ3) is 3.20. The number of nitrogens with one attached hydrogen (secondary N) is 2. The Hall–Kier alpha value is -0.600. The van der Waals surface area contributed by atoms with Gasteiger partial charge in [-0.25, -0.2) is 0 Å². The van der Waals surface area contributed by atoms with Crippen LogP contribution in [0.4, 0.5) is 0 Å². The minimum Gasteiger partial charge on any atom is -0.313 e. The van der Waals surface area contributed by atoms with E-state index >= 15 is 0 Å². The van der Waals surface area contributed by atoms with Crippen LogP contribution in [0.3, 0.4) is 0 Å². The van der Waals surface area contributed by atoms with Gasteiger partial charge in [0, 0.05) is 13.1 Å². The maximum Gasteiger partial charge on any atom is 0.0132 e. The van der Waals surface area contributed by atoms with E-state index in [1.165, 1.54) is 32.4 Å².